The normalized spacial score (nSPS) is 11.2. The Hall–Kier alpha value is -1.88. The molecule has 6 heteroatoms. The fourth-order valence-electron chi connectivity index (χ4n) is 0.948. The van der Waals surface area contributed by atoms with E-state index in [2.05, 4.69) is 4.99 Å². The molecule has 0 saturated heterocycles. The van der Waals surface area contributed by atoms with Gasteiger partial charge in [-0.25, -0.2) is 4.99 Å². The minimum absolute atomic E-state index is 0. The van der Waals surface area contributed by atoms with Crippen molar-refractivity contribution >= 4 is 30.0 Å². The summed E-state index contributed by atoms with van der Waals surface area (Å²) in [5.74, 6) is 0.466. The van der Waals surface area contributed by atoms with Crippen LogP contribution in [0.3, 0.4) is 0 Å². The van der Waals surface area contributed by atoms with E-state index in [-0.39, 0.29) is 18.1 Å². The third kappa shape index (κ3) is 4.56. The summed E-state index contributed by atoms with van der Waals surface area (Å²) in [6.07, 6.45) is 3.27. The molecule has 0 unspecified atom stereocenters. The van der Waals surface area contributed by atoms with Crippen LogP contribution in [0.25, 0.3) is 6.08 Å². The number of hydrogen-bond donors (Lipinski definition) is 1. The van der Waals surface area contributed by atoms with Crippen LogP contribution in [0.1, 0.15) is 12.5 Å². The quantitative estimate of drug-likeness (QED) is 0.382. The number of hydrogen-bond acceptors (Lipinski definition) is 3. The van der Waals surface area contributed by atoms with Crippen molar-refractivity contribution in [1.82, 2.24) is 0 Å². The standard InChI is InChI=1S/C10H11N3O2.ClH/c1-8(11)12-7-6-9-2-4-10(5-3-9)13(14)15;/h2-7H,1H3,(H2,11,12);1H. The lowest BCUT2D eigenvalue weighted by atomic mass is 10.2. The van der Waals surface area contributed by atoms with Crippen LogP contribution in [0.4, 0.5) is 5.69 Å². The van der Waals surface area contributed by atoms with Crippen LogP contribution >= 0.6 is 12.4 Å². The van der Waals surface area contributed by atoms with E-state index in [0.29, 0.717) is 5.84 Å². The zero-order valence-electron chi connectivity index (χ0n) is 8.66. The molecule has 0 fully saturated rings. The van der Waals surface area contributed by atoms with Crippen molar-refractivity contribution in [2.75, 3.05) is 0 Å². The van der Waals surface area contributed by atoms with Gasteiger partial charge in [0.15, 0.2) is 0 Å². The van der Waals surface area contributed by atoms with Gasteiger partial charge < -0.3 is 5.73 Å². The molecule has 2 N–H and O–H groups in total. The molecule has 0 amide bonds. The molecule has 0 aliphatic heterocycles. The zero-order chi connectivity index (χ0) is 11.3. The molecule has 0 radical (unpaired) electrons. The Kier molecular flexibility index (Phi) is 5.80. The van der Waals surface area contributed by atoms with Crippen LogP contribution in [0.5, 0.6) is 0 Å². The molecule has 16 heavy (non-hydrogen) atoms. The van der Waals surface area contributed by atoms with E-state index in [4.69, 9.17) is 5.73 Å². The van der Waals surface area contributed by atoms with E-state index < -0.39 is 4.92 Å². The summed E-state index contributed by atoms with van der Waals surface area (Å²) in [6.45, 7) is 1.68. The van der Waals surface area contributed by atoms with Crippen LogP contribution in [0, 0.1) is 10.1 Å². The highest BCUT2D eigenvalue weighted by molar-refractivity contribution is 5.85. The maximum atomic E-state index is 10.4. The van der Waals surface area contributed by atoms with Gasteiger partial charge in [-0.05, 0) is 30.7 Å². The van der Waals surface area contributed by atoms with Gasteiger partial charge in [0.05, 0.1) is 10.8 Å². The van der Waals surface area contributed by atoms with Crippen molar-refractivity contribution in [3.8, 4) is 0 Å². The number of nitrogens with zero attached hydrogens (tertiary/aromatic N) is 2. The molecular formula is C10H12ClN3O2. The van der Waals surface area contributed by atoms with Gasteiger partial charge in [0, 0.05) is 18.3 Å². The fraction of sp³-hybridized carbons (Fsp3) is 0.100. The Balaban J connectivity index is 0.00000225. The van der Waals surface area contributed by atoms with E-state index >= 15 is 0 Å². The average Bonchev–Trinajstić information content (AvgIpc) is 2.18. The average molecular weight is 242 g/mol. The number of halogens is 1. The minimum Gasteiger partial charge on any atom is -0.387 e. The van der Waals surface area contributed by atoms with E-state index in [1.54, 1.807) is 31.3 Å². The monoisotopic (exact) mass is 241 g/mol. The third-order valence-corrected chi connectivity index (χ3v) is 1.65. The molecule has 0 spiro atoms. The van der Waals surface area contributed by atoms with Gasteiger partial charge in [0.25, 0.3) is 5.69 Å². The molecule has 1 aromatic carbocycles. The van der Waals surface area contributed by atoms with Crippen LogP contribution in [0.15, 0.2) is 35.5 Å². The van der Waals surface area contributed by atoms with E-state index in [1.165, 1.54) is 12.1 Å². The second-order valence-corrected chi connectivity index (χ2v) is 2.93. The van der Waals surface area contributed by atoms with Gasteiger partial charge in [-0.2, -0.15) is 0 Å². The maximum Gasteiger partial charge on any atom is 0.269 e. The summed E-state index contributed by atoms with van der Waals surface area (Å²) in [5.41, 5.74) is 6.24. The first-order valence-electron chi connectivity index (χ1n) is 4.30. The van der Waals surface area contributed by atoms with Gasteiger partial charge in [-0.3, -0.25) is 10.1 Å². The summed E-state index contributed by atoms with van der Waals surface area (Å²) in [6, 6.07) is 6.18. The highest BCUT2D eigenvalue weighted by atomic mass is 35.5. The summed E-state index contributed by atoms with van der Waals surface area (Å²) in [4.78, 5) is 13.8. The van der Waals surface area contributed by atoms with Crippen LogP contribution < -0.4 is 5.73 Å². The van der Waals surface area contributed by atoms with Crippen molar-refractivity contribution in [3.63, 3.8) is 0 Å². The number of non-ortho nitro benzene ring substituents is 1. The van der Waals surface area contributed by atoms with Crippen molar-refractivity contribution in [3.05, 3.63) is 46.1 Å². The van der Waals surface area contributed by atoms with Crippen molar-refractivity contribution in [1.29, 1.82) is 0 Å². The fourth-order valence-corrected chi connectivity index (χ4v) is 0.948. The predicted molar refractivity (Wildman–Crippen MR) is 66.7 cm³/mol. The molecule has 0 atom stereocenters. The molecule has 5 nitrogen and oxygen atoms in total. The molecule has 0 saturated carbocycles. The smallest absolute Gasteiger partial charge is 0.269 e. The molecule has 0 bridgehead atoms. The number of nitro groups is 1. The van der Waals surface area contributed by atoms with Gasteiger partial charge >= 0.3 is 0 Å². The number of nitrogens with two attached hydrogens (primary N) is 1. The summed E-state index contributed by atoms with van der Waals surface area (Å²) in [7, 11) is 0. The Morgan fingerprint density at radius 2 is 2.00 bits per heavy atom. The van der Waals surface area contributed by atoms with Crippen LogP contribution in [-0.2, 0) is 0 Å². The SMILES string of the molecule is CC(N)=NC=Cc1ccc([N+](=O)[O-])cc1.Cl. The predicted octanol–water partition coefficient (Wildman–Crippen LogP) is 2.36. The Bertz CT molecular complexity index is 409. The molecule has 86 valence electrons. The number of aliphatic imine (C=N–C) groups is 1. The Morgan fingerprint density at radius 3 is 2.44 bits per heavy atom. The largest absolute Gasteiger partial charge is 0.387 e. The number of benzene rings is 1. The molecule has 0 aliphatic rings. The number of amidine groups is 1. The van der Waals surface area contributed by atoms with Gasteiger partial charge in [0.1, 0.15) is 0 Å². The van der Waals surface area contributed by atoms with E-state index in [1.807, 2.05) is 0 Å². The third-order valence-electron chi connectivity index (χ3n) is 1.65. The van der Waals surface area contributed by atoms with Gasteiger partial charge in [-0.15, -0.1) is 12.4 Å². The lowest BCUT2D eigenvalue weighted by Crippen LogP contribution is -2.03. The number of rotatable bonds is 3. The first-order chi connectivity index (χ1) is 7.09. The molecular weight excluding hydrogens is 230 g/mol. The molecule has 0 aliphatic carbocycles. The second kappa shape index (κ2) is 6.58. The Labute approximate surface area is 99.2 Å². The topological polar surface area (TPSA) is 81.5 Å². The van der Waals surface area contributed by atoms with Gasteiger partial charge in [0.2, 0.25) is 0 Å². The first kappa shape index (κ1) is 14.1. The Morgan fingerprint density at radius 1 is 1.44 bits per heavy atom. The van der Waals surface area contributed by atoms with Crippen molar-refractivity contribution in [2.45, 2.75) is 6.92 Å². The summed E-state index contributed by atoms with van der Waals surface area (Å²) >= 11 is 0. The highest BCUT2D eigenvalue weighted by Gasteiger charge is 2.01. The number of nitro benzene ring substituents is 1. The minimum atomic E-state index is -0.435. The van der Waals surface area contributed by atoms with Crippen molar-refractivity contribution in [2.24, 2.45) is 10.7 Å². The molecule has 1 aromatic rings. The second-order valence-electron chi connectivity index (χ2n) is 2.93. The van der Waals surface area contributed by atoms with Crippen LogP contribution in [-0.4, -0.2) is 10.8 Å². The molecule has 0 aromatic heterocycles. The maximum absolute atomic E-state index is 10.4. The van der Waals surface area contributed by atoms with E-state index in [9.17, 15) is 10.1 Å². The zero-order valence-corrected chi connectivity index (χ0v) is 9.48. The molecule has 0 heterocycles. The summed E-state index contributed by atoms with van der Waals surface area (Å²) in [5, 5.41) is 10.4. The molecule has 1 rings (SSSR count). The van der Waals surface area contributed by atoms with Gasteiger partial charge in [-0.1, -0.05) is 0 Å². The van der Waals surface area contributed by atoms with Crippen LogP contribution in [0.2, 0.25) is 0 Å². The highest BCUT2D eigenvalue weighted by Crippen LogP contribution is 2.12. The van der Waals surface area contributed by atoms with Crippen molar-refractivity contribution < 1.29 is 4.92 Å². The first-order valence-corrected chi connectivity index (χ1v) is 4.30. The lowest BCUT2D eigenvalue weighted by molar-refractivity contribution is -0.384. The summed E-state index contributed by atoms with van der Waals surface area (Å²) < 4.78 is 0. The lowest BCUT2D eigenvalue weighted by Gasteiger charge is -1.92. The van der Waals surface area contributed by atoms with E-state index in [0.717, 1.165) is 5.56 Å².